The maximum atomic E-state index is 13.2. The van der Waals surface area contributed by atoms with Gasteiger partial charge in [-0.1, -0.05) is 24.3 Å². The Bertz CT molecular complexity index is 1590. The molecule has 1 amide bonds. The fraction of sp³-hybridized carbons (Fsp3) is 0.429. The molecule has 2 saturated heterocycles. The van der Waals surface area contributed by atoms with Crippen LogP contribution in [0.5, 0.6) is 5.75 Å². The molecule has 0 saturated carbocycles. The van der Waals surface area contributed by atoms with Crippen molar-refractivity contribution in [1.29, 1.82) is 5.41 Å². The smallest absolute Gasteiger partial charge is 0.251 e. The molecular weight excluding hydrogens is 566 g/mol. The molecule has 4 N–H and O–H groups in total. The number of rotatable bonds is 8. The Hall–Kier alpha value is -4.28. The monoisotopic (exact) mass is 609 g/mol. The topological polar surface area (TPSA) is 124 Å². The standard InChI is InChI=1S/C35H43N7O3/c1-22-6-4-5-7-27(22)33(37-2)31-28(36)10-8-24-21-38-35(41-32(24)31)40-29-11-9-23(20-30(29)44-3)34(43)39-25-12-16-42(17-13-25)26-14-18-45-19-15-26/h4-7,9,11,20-21,25-26,36-37H,8,10,12-19H2,1-3H3,(H,39,43)(H,38,40,41)/b33-31+,36-28?. The molecular formula is C35H43N7O3. The number of aryl methyl sites for hydroxylation is 2. The minimum atomic E-state index is -0.0986. The van der Waals surface area contributed by atoms with E-state index in [4.69, 9.17) is 19.9 Å². The van der Waals surface area contributed by atoms with E-state index in [0.29, 0.717) is 47.5 Å². The normalized spacial score (nSPS) is 19.0. The number of carbonyl (C=O) groups excluding carboxylic acids is 1. The van der Waals surface area contributed by atoms with Crippen molar-refractivity contribution < 1.29 is 14.3 Å². The summed E-state index contributed by atoms with van der Waals surface area (Å²) in [6, 6.07) is 14.3. The van der Waals surface area contributed by atoms with E-state index in [1.165, 1.54) is 0 Å². The second-order valence-corrected chi connectivity index (χ2v) is 12.0. The van der Waals surface area contributed by atoms with Gasteiger partial charge in [0, 0.05) is 74.0 Å². The first-order chi connectivity index (χ1) is 21.9. The van der Waals surface area contributed by atoms with Gasteiger partial charge in [-0.2, -0.15) is 0 Å². The molecule has 236 valence electrons. The molecule has 10 nitrogen and oxygen atoms in total. The number of amides is 1. The van der Waals surface area contributed by atoms with E-state index in [2.05, 4.69) is 44.9 Å². The van der Waals surface area contributed by atoms with Gasteiger partial charge in [-0.25, -0.2) is 9.97 Å². The number of hydrogen-bond donors (Lipinski definition) is 4. The van der Waals surface area contributed by atoms with Gasteiger partial charge in [0.2, 0.25) is 5.95 Å². The zero-order valence-corrected chi connectivity index (χ0v) is 26.4. The number of aromatic nitrogens is 2. The Labute approximate surface area is 265 Å². The highest BCUT2D eigenvalue weighted by Gasteiger charge is 2.28. The van der Waals surface area contributed by atoms with Crippen LogP contribution in [0.2, 0.25) is 0 Å². The SMILES string of the molecule is CN/C(=C1\C(=N)CCc2cnc(Nc3ccc(C(=O)NC4CCN(C5CCOCC5)CC4)cc3OC)nc21)c1ccccc1C. The molecule has 10 heteroatoms. The zero-order valence-electron chi connectivity index (χ0n) is 26.4. The summed E-state index contributed by atoms with van der Waals surface area (Å²) in [6.45, 7) is 5.77. The van der Waals surface area contributed by atoms with E-state index in [0.717, 1.165) is 85.6 Å². The van der Waals surface area contributed by atoms with E-state index in [9.17, 15) is 4.79 Å². The number of fused-ring (bicyclic) bond motifs is 1. The Morgan fingerprint density at radius 2 is 1.84 bits per heavy atom. The highest BCUT2D eigenvalue weighted by atomic mass is 16.5. The van der Waals surface area contributed by atoms with Crippen LogP contribution in [0.4, 0.5) is 11.6 Å². The van der Waals surface area contributed by atoms with Gasteiger partial charge in [0.05, 0.1) is 24.2 Å². The largest absolute Gasteiger partial charge is 0.495 e. The van der Waals surface area contributed by atoms with Crippen molar-refractivity contribution in [2.45, 2.75) is 57.5 Å². The predicted molar refractivity (Wildman–Crippen MR) is 177 cm³/mol. The average molecular weight is 610 g/mol. The molecule has 45 heavy (non-hydrogen) atoms. The number of likely N-dealkylation sites (tertiary alicyclic amines) is 1. The van der Waals surface area contributed by atoms with Crippen LogP contribution in [-0.2, 0) is 11.2 Å². The first kappa shape index (κ1) is 30.7. The summed E-state index contributed by atoms with van der Waals surface area (Å²) >= 11 is 0. The Morgan fingerprint density at radius 3 is 2.58 bits per heavy atom. The molecule has 0 radical (unpaired) electrons. The van der Waals surface area contributed by atoms with Gasteiger partial charge in [0.15, 0.2) is 0 Å². The molecule has 1 aromatic heterocycles. The van der Waals surface area contributed by atoms with Crippen LogP contribution in [-0.4, -0.2) is 79.0 Å². The first-order valence-corrected chi connectivity index (χ1v) is 15.9. The third kappa shape index (κ3) is 6.72. The number of carbonyl (C=O) groups is 1. The van der Waals surface area contributed by atoms with Gasteiger partial charge in [0.25, 0.3) is 5.91 Å². The van der Waals surface area contributed by atoms with E-state index in [-0.39, 0.29) is 11.9 Å². The van der Waals surface area contributed by atoms with E-state index in [1.54, 1.807) is 19.2 Å². The Kier molecular flexibility index (Phi) is 9.42. The number of anilines is 2. The molecule has 3 aliphatic rings. The number of methoxy groups -OCH3 is 1. The number of hydrogen-bond acceptors (Lipinski definition) is 9. The quantitative estimate of drug-likeness (QED) is 0.283. The third-order valence-corrected chi connectivity index (χ3v) is 9.24. The van der Waals surface area contributed by atoms with E-state index < -0.39 is 0 Å². The van der Waals surface area contributed by atoms with Crippen molar-refractivity contribution in [1.82, 2.24) is 25.5 Å². The van der Waals surface area contributed by atoms with Gasteiger partial charge < -0.3 is 35.7 Å². The second-order valence-electron chi connectivity index (χ2n) is 12.0. The molecule has 6 rings (SSSR count). The number of benzene rings is 2. The molecule has 0 bridgehead atoms. The first-order valence-electron chi connectivity index (χ1n) is 15.9. The lowest BCUT2D eigenvalue weighted by atomic mass is 9.87. The van der Waals surface area contributed by atoms with Crippen molar-refractivity contribution in [2.24, 2.45) is 0 Å². The average Bonchev–Trinajstić information content (AvgIpc) is 3.07. The summed E-state index contributed by atoms with van der Waals surface area (Å²) in [5.41, 5.74) is 7.33. The van der Waals surface area contributed by atoms with Crippen molar-refractivity contribution in [3.05, 3.63) is 76.6 Å². The molecule has 0 spiro atoms. The summed E-state index contributed by atoms with van der Waals surface area (Å²) in [4.78, 5) is 25.3. The van der Waals surface area contributed by atoms with Crippen LogP contribution in [0.15, 0.2) is 48.7 Å². The van der Waals surface area contributed by atoms with E-state index >= 15 is 0 Å². The number of ether oxygens (including phenoxy) is 2. The van der Waals surface area contributed by atoms with Gasteiger partial charge in [0.1, 0.15) is 5.75 Å². The lowest BCUT2D eigenvalue weighted by molar-refractivity contribution is 0.0238. The fourth-order valence-corrected chi connectivity index (χ4v) is 6.70. The summed E-state index contributed by atoms with van der Waals surface area (Å²) in [7, 11) is 3.47. The molecule has 1 aliphatic carbocycles. The Morgan fingerprint density at radius 1 is 1.07 bits per heavy atom. The fourth-order valence-electron chi connectivity index (χ4n) is 6.70. The van der Waals surface area contributed by atoms with Crippen molar-refractivity contribution in [3.8, 4) is 5.75 Å². The predicted octanol–water partition coefficient (Wildman–Crippen LogP) is 4.96. The van der Waals surface area contributed by atoms with Crippen LogP contribution in [0.3, 0.4) is 0 Å². The maximum Gasteiger partial charge on any atom is 0.251 e. The maximum absolute atomic E-state index is 13.2. The van der Waals surface area contributed by atoms with Gasteiger partial charge in [-0.3, -0.25) is 4.79 Å². The zero-order chi connectivity index (χ0) is 31.3. The molecule has 0 unspecified atom stereocenters. The lowest BCUT2D eigenvalue weighted by Crippen LogP contribution is -2.49. The molecule has 2 fully saturated rings. The number of nitrogens with one attached hydrogen (secondary N) is 4. The number of allylic oxidation sites excluding steroid dienone is 1. The highest BCUT2D eigenvalue weighted by Crippen LogP contribution is 2.35. The van der Waals surface area contributed by atoms with Crippen molar-refractivity contribution >= 4 is 34.5 Å². The van der Waals surface area contributed by atoms with Gasteiger partial charge in [-0.05, 0) is 74.8 Å². The minimum Gasteiger partial charge on any atom is -0.495 e. The minimum absolute atomic E-state index is 0.0986. The number of piperidine rings is 1. The van der Waals surface area contributed by atoms with Crippen molar-refractivity contribution in [2.75, 3.05) is 45.8 Å². The van der Waals surface area contributed by atoms with Crippen molar-refractivity contribution in [3.63, 3.8) is 0 Å². The molecule has 0 atom stereocenters. The molecule has 3 aromatic rings. The lowest BCUT2D eigenvalue weighted by Gasteiger charge is -2.39. The molecule has 2 aromatic carbocycles. The summed E-state index contributed by atoms with van der Waals surface area (Å²) in [5, 5.41) is 18.7. The van der Waals surface area contributed by atoms with Crippen LogP contribution >= 0.6 is 0 Å². The van der Waals surface area contributed by atoms with Gasteiger partial charge >= 0.3 is 0 Å². The summed E-state index contributed by atoms with van der Waals surface area (Å²) in [6.07, 6.45) is 7.26. The molecule has 3 heterocycles. The summed E-state index contributed by atoms with van der Waals surface area (Å²) < 4.78 is 11.2. The second kappa shape index (κ2) is 13.8. The Balaban J connectivity index is 1.18. The summed E-state index contributed by atoms with van der Waals surface area (Å²) in [5.74, 6) is 0.823. The highest BCUT2D eigenvalue weighted by molar-refractivity contribution is 6.29. The molecule has 2 aliphatic heterocycles. The van der Waals surface area contributed by atoms with Crippen LogP contribution in [0, 0.1) is 12.3 Å². The number of nitrogens with zero attached hydrogens (tertiary/aromatic N) is 3. The van der Waals surface area contributed by atoms with Crippen LogP contribution < -0.4 is 20.7 Å². The van der Waals surface area contributed by atoms with Crippen LogP contribution in [0.25, 0.3) is 11.3 Å². The van der Waals surface area contributed by atoms with Gasteiger partial charge in [-0.15, -0.1) is 0 Å². The third-order valence-electron chi connectivity index (χ3n) is 9.24. The van der Waals surface area contributed by atoms with Crippen LogP contribution in [0.1, 0.15) is 64.8 Å². The van der Waals surface area contributed by atoms with E-state index in [1.807, 2.05) is 31.4 Å².